The third kappa shape index (κ3) is 2.05. The second-order valence-corrected chi connectivity index (χ2v) is 2.59. The first-order valence-electron chi connectivity index (χ1n) is 4.03. The van der Waals surface area contributed by atoms with Gasteiger partial charge in [0.05, 0.1) is 12.7 Å². The number of carbonyl (C=O) groups excluding carboxylic acids is 1. The van der Waals surface area contributed by atoms with Crippen molar-refractivity contribution in [3.8, 4) is 23.3 Å². The summed E-state index contributed by atoms with van der Waals surface area (Å²) >= 11 is 0. The number of carbonyl (C=O) groups is 1. The van der Waals surface area contributed by atoms with Crippen LogP contribution in [-0.2, 0) is 0 Å². The van der Waals surface area contributed by atoms with Gasteiger partial charge in [-0.1, -0.05) is 5.92 Å². The van der Waals surface area contributed by atoms with Gasteiger partial charge >= 0.3 is 0 Å². The number of ether oxygens (including phenoxy) is 1. The van der Waals surface area contributed by atoms with Gasteiger partial charge in [0.25, 0.3) is 0 Å². The standard InChI is InChI=1S/C11H10O3/c1-3-4-10(12)9-6-5-8(14-2)7-11(9)13/h5-7,13H,1-2H3. The molecular weight excluding hydrogens is 180 g/mol. The molecule has 0 aromatic heterocycles. The van der Waals surface area contributed by atoms with Gasteiger partial charge in [-0.05, 0) is 25.0 Å². The Labute approximate surface area is 82.3 Å². The van der Waals surface area contributed by atoms with Gasteiger partial charge in [0, 0.05) is 6.07 Å². The van der Waals surface area contributed by atoms with E-state index in [9.17, 15) is 9.90 Å². The number of phenolic OH excluding ortho intramolecular Hbond substituents is 1. The van der Waals surface area contributed by atoms with Gasteiger partial charge in [0.2, 0.25) is 5.78 Å². The third-order valence-corrected chi connectivity index (χ3v) is 1.69. The highest BCUT2D eigenvalue weighted by Gasteiger charge is 2.08. The van der Waals surface area contributed by atoms with Crippen molar-refractivity contribution >= 4 is 5.78 Å². The molecule has 0 heterocycles. The highest BCUT2D eigenvalue weighted by Crippen LogP contribution is 2.23. The van der Waals surface area contributed by atoms with Gasteiger partial charge < -0.3 is 9.84 Å². The van der Waals surface area contributed by atoms with E-state index in [1.54, 1.807) is 13.0 Å². The molecule has 0 spiro atoms. The zero-order valence-electron chi connectivity index (χ0n) is 8.00. The minimum absolute atomic E-state index is 0.114. The average molecular weight is 190 g/mol. The Hall–Kier alpha value is -1.95. The molecule has 0 fully saturated rings. The van der Waals surface area contributed by atoms with Gasteiger partial charge in [-0.25, -0.2) is 0 Å². The highest BCUT2D eigenvalue weighted by atomic mass is 16.5. The Morgan fingerprint density at radius 1 is 1.50 bits per heavy atom. The van der Waals surface area contributed by atoms with Crippen molar-refractivity contribution in [3.05, 3.63) is 23.8 Å². The van der Waals surface area contributed by atoms with Gasteiger partial charge in [0.1, 0.15) is 11.5 Å². The fourth-order valence-electron chi connectivity index (χ4n) is 1.01. The summed E-state index contributed by atoms with van der Waals surface area (Å²) in [7, 11) is 1.49. The SMILES string of the molecule is CC#CC(=O)c1ccc(OC)cc1O. The molecule has 72 valence electrons. The number of phenols is 1. The summed E-state index contributed by atoms with van der Waals surface area (Å²) in [5.74, 6) is 4.82. The predicted octanol–water partition coefficient (Wildman–Crippen LogP) is 1.61. The lowest BCUT2D eigenvalue weighted by Crippen LogP contribution is -1.95. The molecular formula is C11H10O3. The van der Waals surface area contributed by atoms with E-state index in [0.717, 1.165) is 0 Å². The van der Waals surface area contributed by atoms with E-state index in [1.807, 2.05) is 0 Å². The number of benzene rings is 1. The zero-order valence-corrected chi connectivity index (χ0v) is 8.00. The summed E-state index contributed by atoms with van der Waals surface area (Å²) < 4.78 is 4.88. The zero-order chi connectivity index (χ0) is 10.6. The van der Waals surface area contributed by atoms with Crippen LogP contribution in [0.5, 0.6) is 11.5 Å². The van der Waals surface area contributed by atoms with Crippen molar-refractivity contribution in [3.63, 3.8) is 0 Å². The van der Waals surface area contributed by atoms with Gasteiger partial charge in [-0.3, -0.25) is 4.79 Å². The van der Waals surface area contributed by atoms with Crippen molar-refractivity contribution in [2.45, 2.75) is 6.92 Å². The fraction of sp³-hybridized carbons (Fsp3) is 0.182. The van der Waals surface area contributed by atoms with Crippen LogP contribution in [0.4, 0.5) is 0 Å². The van der Waals surface area contributed by atoms with Gasteiger partial charge in [-0.15, -0.1) is 0 Å². The predicted molar refractivity (Wildman–Crippen MR) is 52.4 cm³/mol. The monoisotopic (exact) mass is 190 g/mol. The maximum atomic E-state index is 11.3. The Kier molecular flexibility index (Phi) is 3.14. The van der Waals surface area contributed by atoms with E-state index in [-0.39, 0.29) is 11.3 Å². The average Bonchev–Trinajstić information content (AvgIpc) is 2.17. The fourth-order valence-corrected chi connectivity index (χ4v) is 1.01. The largest absolute Gasteiger partial charge is 0.507 e. The van der Waals surface area contributed by atoms with Crippen LogP contribution in [0.3, 0.4) is 0 Å². The molecule has 0 saturated carbocycles. The molecule has 0 aliphatic rings. The molecule has 1 aromatic rings. The number of hydrogen-bond acceptors (Lipinski definition) is 3. The number of methoxy groups -OCH3 is 1. The van der Waals surface area contributed by atoms with Crippen LogP contribution in [0.25, 0.3) is 0 Å². The summed E-state index contributed by atoms with van der Waals surface area (Å²) in [5.41, 5.74) is 0.195. The number of hydrogen-bond donors (Lipinski definition) is 1. The van der Waals surface area contributed by atoms with E-state index in [1.165, 1.54) is 19.2 Å². The molecule has 0 bridgehead atoms. The van der Waals surface area contributed by atoms with Crippen LogP contribution in [0, 0.1) is 11.8 Å². The Morgan fingerprint density at radius 2 is 2.21 bits per heavy atom. The second-order valence-electron chi connectivity index (χ2n) is 2.59. The van der Waals surface area contributed by atoms with E-state index < -0.39 is 5.78 Å². The van der Waals surface area contributed by atoms with Crippen molar-refractivity contribution < 1.29 is 14.6 Å². The Morgan fingerprint density at radius 3 is 2.71 bits per heavy atom. The van der Waals surface area contributed by atoms with Crippen molar-refractivity contribution in [1.82, 2.24) is 0 Å². The lowest BCUT2D eigenvalue weighted by molar-refractivity contribution is 0.105. The molecule has 0 unspecified atom stereocenters. The topological polar surface area (TPSA) is 46.5 Å². The molecule has 14 heavy (non-hydrogen) atoms. The number of rotatable bonds is 2. The third-order valence-electron chi connectivity index (χ3n) is 1.69. The normalized spacial score (nSPS) is 8.71. The van der Waals surface area contributed by atoms with Crippen molar-refractivity contribution in [1.29, 1.82) is 0 Å². The summed E-state index contributed by atoms with van der Waals surface area (Å²) in [6.07, 6.45) is 0. The van der Waals surface area contributed by atoms with Gasteiger partial charge in [0.15, 0.2) is 0 Å². The quantitative estimate of drug-likeness (QED) is 0.437. The number of ketones is 1. The van der Waals surface area contributed by atoms with Crippen LogP contribution in [0.15, 0.2) is 18.2 Å². The minimum Gasteiger partial charge on any atom is -0.507 e. The van der Waals surface area contributed by atoms with E-state index in [2.05, 4.69) is 11.8 Å². The first-order chi connectivity index (χ1) is 6.69. The highest BCUT2D eigenvalue weighted by molar-refractivity contribution is 6.10. The van der Waals surface area contributed by atoms with Crippen LogP contribution in [0.1, 0.15) is 17.3 Å². The molecule has 0 aliphatic heterocycles. The van der Waals surface area contributed by atoms with Crippen LogP contribution in [-0.4, -0.2) is 18.0 Å². The molecule has 1 aromatic carbocycles. The summed E-state index contributed by atoms with van der Waals surface area (Å²) in [5, 5.41) is 9.45. The van der Waals surface area contributed by atoms with Crippen molar-refractivity contribution in [2.75, 3.05) is 7.11 Å². The molecule has 3 nitrogen and oxygen atoms in total. The molecule has 3 heteroatoms. The first kappa shape index (κ1) is 10.1. The minimum atomic E-state index is -0.396. The molecule has 0 aliphatic carbocycles. The van der Waals surface area contributed by atoms with E-state index >= 15 is 0 Å². The summed E-state index contributed by atoms with van der Waals surface area (Å²) in [6.45, 7) is 1.57. The molecule has 0 atom stereocenters. The van der Waals surface area contributed by atoms with E-state index in [4.69, 9.17) is 4.74 Å². The molecule has 0 saturated heterocycles. The summed E-state index contributed by atoms with van der Waals surface area (Å²) in [4.78, 5) is 11.3. The van der Waals surface area contributed by atoms with Crippen molar-refractivity contribution in [2.24, 2.45) is 0 Å². The van der Waals surface area contributed by atoms with Crippen LogP contribution < -0.4 is 4.74 Å². The molecule has 0 amide bonds. The van der Waals surface area contributed by atoms with Crippen LogP contribution in [0.2, 0.25) is 0 Å². The Balaban J connectivity index is 3.10. The lowest BCUT2D eigenvalue weighted by Gasteiger charge is -2.02. The smallest absolute Gasteiger partial charge is 0.239 e. The van der Waals surface area contributed by atoms with Gasteiger partial charge in [-0.2, -0.15) is 0 Å². The molecule has 1 N–H and O–H groups in total. The van der Waals surface area contributed by atoms with E-state index in [0.29, 0.717) is 5.75 Å². The molecule has 1 rings (SSSR count). The number of aromatic hydroxyl groups is 1. The van der Waals surface area contributed by atoms with Crippen LogP contribution >= 0.6 is 0 Å². The number of Topliss-reactive ketones (excluding diaryl/α,β-unsaturated/α-hetero) is 1. The second kappa shape index (κ2) is 4.33. The summed E-state index contributed by atoms with van der Waals surface area (Å²) in [6, 6.07) is 4.47. The maximum Gasteiger partial charge on any atom is 0.239 e. The first-order valence-corrected chi connectivity index (χ1v) is 4.03. The lowest BCUT2D eigenvalue weighted by atomic mass is 10.1. The maximum absolute atomic E-state index is 11.3. The molecule has 0 radical (unpaired) electrons. The Bertz CT molecular complexity index is 410.